The molecule has 1 atom stereocenters. The highest BCUT2D eigenvalue weighted by atomic mass is 16.5. The van der Waals surface area contributed by atoms with E-state index in [-0.39, 0.29) is 12.6 Å². The fourth-order valence-corrected chi connectivity index (χ4v) is 2.26. The third-order valence-electron chi connectivity index (χ3n) is 3.21. The minimum Gasteiger partial charge on any atom is -0.496 e. The monoisotopic (exact) mass is 245 g/mol. The number of ether oxygens (including phenoxy) is 1. The van der Waals surface area contributed by atoms with Crippen LogP contribution in [-0.4, -0.2) is 18.8 Å². The van der Waals surface area contributed by atoms with Crippen LogP contribution in [0, 0.1) is 0 Å². The molecule has 0 saturated heterocycles. The van der Waals surface area contributed by atoms with Crippen LogP contribution >= 0.6 is 0 Å². The molecular weight excluding hydrogens is 226 g/mol. The van der Waals surface area contributed by atoms with Gasteiger partial charge in [0.1, 0.15) is 5.75 Å². The molecule has 2 aromatic carbocycles. The lowest BCUT2D eigenvalue weighted by atomic mass is 9.96. The largest absolute Gasteiger partial charge is 0.496 e. The Bertz CT molecular complexity index is 525. The quantitative estimate of drug-likeness (QED) is 0.851. The Morgan fingerprint density at radius 2 is 1.89 bits per heavy atom. The van der Waals surface area contributed by atoms with Gasteiger partial charge in [0, 0.05) is 18.0 Å². The smallest absolute Gasteiger partial charge is 0.126 e. The Hall–Kier alpha value is -1.58. The van der Waals surface area contributed by atoms with Gasteiger partial charge in [0.2, 0.25) is 0 Å². The minimum atomic E-state index is -0.0482. The lowest BCUT2D eigenvalue weighted by Crippen LogP contribution is -2.11. The fraction of sp³-hybridized carbons (Fsp3) is 0.333. The van der Waals surface area contributed by atoms with Crippen molar-refractivity contribution in [2.45, 2.75) is 18.9 Å². The number of fused-ring (bicyclic) bond motifs is 1. The summed E-state index contributed by atoms with van der Waals surface area (Å²) < 4.78 is 5.36. The maximum absolute atomic E-state index is 8.88. The molecule has 0 amide bonds. The molecule has 3 N–H and O–H groups in total. The molecule has 0 spiro atoms. The highest BCUT2D eigenvalue weighted by molar-refractivity contribution is 5.91. The summed E-state index contributed by atoms with van der Waals surface area (Å²) in [6, 6.07) is 12.0. The Labute approximate surface area is 107 Å². The second-order valence-electron chi connectivity index (χ2n) is 4.37. The van der Waals surface area contributed by atoms with Gasteiger partial charge in [-0.05, 0) is 29.9 Å². The Morgan fingerprint density at radius 1 is 1.17 bits per heavy atom. The van der Waals surface area contributed by atoms with Crippen molar-refractivity contribution in [1.82, 2.24) is 0 Å². The summed E-state index contributed by atoms with van der Waals surface area (Å²) >= 11 is 0. The van der Waals surface area contributed by atoms with E-state index in [1.54, 1.807) is 7.11 Å². The Morgan fingerprint density at radius 3 is 2.56 bits per heavy atom. The van der Waals surface area contributed by atoms with Gasteiger partial charge in [0.25, 0.3) is 0 Å². The third-order valence-corrected chi connectivity index (χ3v) is 3.21. The van der Waals surface area contributed by atoms with Crippen LogP contribution in [0.1, 0.15) is 24.4 Å². The lowest BCUT2D eigenvalue weighted by molar-refractivity contribution is 0.280. The van der Waals surface area contributed by atoms with Gasteiger partial charge in [-0.1, -0.05) is 30.3 Å². The molecule has 0 saturated carbocycles. The zero-order chi connectivity index (χ0) is 13.0. The molecule has 2 aromatic rings. The summed E-state index contributed by atoms with van der Waals surface area (Å²) in [4.78, 5) is 0. The number of methoxy groups -OCH3 is 1. The van der Waals surface area contributed by atoms with Crippen LogP contribution in [0.4, 0.5) is 0 Å². The van der Waals surface area contributed by atoms with Crippen LogP contribution in [0.2, 0.25) is 0 Å². The molecule has 0 unspecified atom stereocenters. The molecule has 0 aliphatic heterocycles. The molecule has 0 aromatic heterocycles. The van der Waals surface area contributed by atoms with E-state index in [1.165, 1.54) is 0 Å². The number of aliphatic hydroxyl groups excluding tert-OH is 1. The maximum atomic E-state index is 8.88. The summed E-state index contributed by atoms with van der Waals surface area (Å²) in [5, 5.41) is 11.1. The van der Waals surface area contributed by atoms with Crippen LogP contribution < -0.4 is 10.5 Å². The number of hydrogen-bond donors (Lipinski definition) is 2. The minimum absolute atomic E-state index is 0.0482. The van der Waals surface area contributed by atoms with E-state index in [0.717, 1.165) is 34.9 Å². The van der Waals surface area contributed by atoms with E-state index in [9.17, 15) is 0 Å². The number of benzene rings is 2. The normalized spacial score (nSPS) is 12.6. The molecule has 0 heterocycles. The second kappa shape index (κ2) is 5.85. The predicted octanol–water partition coefficient (Wildman–Crippen LogP) is 2.62. The molecule has 3 nitrogen and oxygen atoms in total. The summed E-state index contributed by atoms with van der Waals surface area (Å²) in [5.74, 6) is 0.865. The second-order valence-corrected chi connectivity index (χ2v) is 4.37. The van der Waals surface area contributed by atoms with E-state index in [4.69, 9.17) is 15.6 Å². The van der Waals surface area contributed by atoms with Crippen LogP contribution in [-0.2, 0) is 0 Å². The molecule has 0 aliphatic carbocycles. The molecule has 0 radical (unpaired) electrons. The standard InChI is InChI=1S/C15H19NO2/c1-18-15-9-8-12(14(16)7-4-10-17)11-5-2-3-6-13(11)15/h2-3,5-6,8-9,14,17H,4,7,10,16H2,1H3/t14-/m0/s1. The number of rotatable bonds is 5. The van der Waals surface area contributed by atoms with Crippen LogP contribution in [0.5, 0.6) is 5.75 Å². The summed E-state index contributed by atoms with van der Waals surface area (Å²) in [6.07, 6.45) is 1.51. The fourth-order valence-electron chi connectivity index (χ4n) is 2.26. The van der Waals surface area contributed by atoms with Gasteiger partial charge >= 0.3 is 0 Å². The number of aliphatic hydroxyl groups is 1. The Balaban J connectivity index is 2.45. The van der Waals surface area contributed by atoms with E-state index in [0.29, 0.717) is 0 Å². The zero-order valence-corrected chi connectivity index (χ0v) is 10.6. The van der Waals surface area contributed by atoms with Crippen molar-refractivity contribution in [2.24, 2.45) is 5.73 Å². The predicted molar refractivity (Wildman–Crippen MR) is 73.7 cm³/mol. The first-order chi connectivity index (χ1) is 8.77. The molecule has 0 aliphatic rings. The molecular formula is C15H19NO2. The maximum Gasteiger partial charge on any atom is 0.126 e. The van der Waals surface area contributed by atoms with E-state index in [1.807, 2.05) is 30.3 Å². The summed E-state index contributed by atoms with van der Waals surface area (Å²) in [5.41, 5.74) is 7.30. The van der Waals surface area contributed by atoms with Crippen molar-refractivity contribution in [1.29, 1.82) is 0 Å². The van der Waals surface area contributed by atoms with Gasteiger partial charge in [-0.15, -0.1) is 0 Å². The van der Waals surface area contributed by atoms with Gasteiger partial charge in [0.05, 0.1) is 7.11 Å². The van der Waals surface area contributed by atoms with Crippen molar-refractivity contribution in [3.05, 3.63) is 42.0 Å². The summed E-state index contributed by atoms with van der Waals surface area (Å²) in [6.45, 7) is 0.182. The first-order valence-electron chi connectivity index (χ1n) is 6.20. The molecule has 0 fully saturated rings. The van der Waals surface area contributed by atoms with Crippen molar-refractivity contribution in [2.75, 3.05) is 13.7 Å². The molecule has 18 heavy (non-hydrogen) atoms. The van der Waals surface area contributed by atoms with Crippen LogP contribution in [0.15, 0.2) is 36.4 Å². The van der Waals surface area contributed by atoms with Crippen molar-refractivity contribution in [3.8, 4) is 5.75 Å². The van der Waals surface area contributed by atoms with Crippen LogP contribution in [0.3, 0.4) is 0 Å². The van der Waals surface area contributed by atoms with Gasteiger partial charge in [0.15, 0.2) is 0 Å². The lowest BCUT2D eigenvalue weighted by Gasteiger charge is -2.16. The van der Waals surface area contributed by atoms with Crippen molar-refractivity contribution >= 4 is 10.8 Å². The number of hydrogen-bond acceptors (Lipinski definition) is 3. The zero-order valence-electron chi connectivity index (χ0n) is 10.6. The van der Waals surface area contributed by atoms with E-state index >= 15 is 0 Å². The van der Waals surface area contributed by atoms with E-state index in [2.05, 4.69) is 6.07 Å². The van der Waals surface area contributed by atoms with Gasteiger partial charge < -0.3 is 15.6 Å². The molecule has 2 rings (SSSR count). The summed E-state index contributed by atoms with van der Waals surface area (Å²) in [7, 11) is 1.67. The first-order valence-corrected chi connectivity index (χ1v) is 6.20. The third kappa shape index (κ3) is 2.47. The topological polar surface area (TPSA) is 55.5 Å². The SMILES string of the molecule is COc1ccc([C@@H](N)CCCO)c2ccccc12. The molecule has 0 bridgehead atoms. The van der Waals surface area contributed by atoms with Crippen molar-refractivity contribution < 1.29 is 9.84 Å². The van der Waals surface area contributed by atoms with Gasteiger partial charge in [-0.2, -0.15) is 0 Å². The Kier molecular flexibility index (Phi) is 4.18. The number of nitrogens with two attached hydrogens (primary N) is 1. The average molecular weight is 245 g/mol. The first kappa shape index (κ1) is 12.9. The van der Waals surface area contributed by atoms with Gasteiger partial charge in [-0.25, -0.2) is 0 Å². The highest BCUT2D eigenvalue weighted by Crippen LogP contribution is 2.31. The van der Waals surface area contributed by atoms with Crippen LogP contribution in [0.25, 0.3) is 10.8 Å². The van der Waals surface area contributed by atoms with Gasteiger partial charge in [-0.3, -0.25) is 0 Å². The average Bonchev–Trinajstić information content (AvgIpc) is 2.43. The molecule has 96 valence electrons. The van der Waals surface area contributed by atoms with Crippen molar-refractivity contribution in [3.63, 3.8) is 0 Å². The molecule has 3 heteroatoms. The highest BCUT2D eigenvalue weighted by Gasteiger charge is 2.11. The van der Waals surface area contributed by atoms with E-state index < -0.39 is 0 Å².